The predicted molar refractivity (Wildman–Crippen MR) is 135 cm³/mol. The molecule has 8 heteroatoms. The Balaban J connectivity index is 1.49. The number of ether oxygens (including phenoxy) is 2. The van der Waals surface area contributed by atoms with Crippen LogP contribution in [0.25, 0.3) is 6.08 Å². The summed E-state index contributed by atoms with van der Waals surface area (Å²) >= 11 is 2.25. The van der Waals surface area contributed by atoms with Crippen molar-refractivity contribution in [2.24, 2.45) is 0 Å². The Morgan fingerprint density at radius 1 is 0.941 bits per heavy atom. The zero-order chi connectivity index (χ0) is 24.1. The number of imide groups is 1. The van der Waals surface area contributed by atoms with E-state index in [0.717, 1.165) is 14.0 Å². The molecule has 34 heavy (non-hydrogen) atoms. The van der Waals surface area contributed by atoms with Crippen LogP contribution >= 0.6 is 22.6 Å². The summed E-state index contributed by atoms with van der Waals surface area (Å²) in [6, 6.07) is 18.5. The minimum atomic E-state index is -0.525. The molecular weight excluding hydrogens is 550 g/mol. The third kappa shape index (κ3) is 5.74. The maximum Gasteiger partial charge on any atom is 0.329 e. The smallest absolute Gasteiger partial charge is 0.329 e. The molecule has 174 valence electrons. The highest BCUT2D eigenvalue weighted by Gasteiger charge is 2.33. The van der Waals surface area contributed by atoms with Crippen molar-refractivity contribution < 1.29 is 23.5 Å². The number of amides is 3. The molecule has 3 aromatic carbocycles. The van der Waals surface area contributed by atoms with Gasteiger partial charge in [-0.2, -0.15) is 0 Å². The molecule has 4 rings (SSSR count). The first-order chi connectivity index (χ1) is 16.4. The lowest BCUT2D eigenvalue weighted by Crippen LogP contribution is -2.30. The number of carbonyl (C=O) groups excluding carboxylic acids is 2. The van der Waals surface area contributed by atoms with Crippen molar-refractivity contribution in [1.82, 2.24) is 10.2 Å². The quantitative estimate of drug-likeness (QED) is 0.220. The van der Waals surface area contributed by atoms with Gasteiger partial charge in [-0.1, -0.05) is 30.3 Å². The SMILES string of the molecule is CCOc1cc(/C=C2/NC(=O)N(Cc3ccc(F)cc3)C2=O)ccc1OCc1ccc(I)cc1. The number of nitrogens with zero attached hydrogens (tertiary/aromatic N) is 1. The fraction of sp³-hybridized carbons (Fsp3) is 0.154. The van der Waals surface area contributed by atoms with E-state index in [1.54, 1.807) is 36.4 Å². The highest BCUT2D eigenvalue weighted by atomic mass is 127. The van der Waals surface area contributed by atoms with E-state index in [4.69, 9.17) is 9.47 Å². The van der Waals surface area contributed by atoms with E-state index >= 15 is 0 Å². The molecule has 0 bridgehead atoms. The molecule has 0 radical (unpaired) electrons. The van der Waals surface area contributed by atoms with Crippen molar-refractivity contribution in [2.45, 2.75) is 20.1 Å². The van der Waals surface area contributed by atoms with E-state index < -0.39 is 11.9 Å². The van der Waals surface area contributed by atoms with Crippen LogP contribution in [-0.4, -0.2) is 23.4 Å². The average molecular weight is 572 g/mol. The zero-order valence-corrected chi connectivity index (χ0v) is 20.5. The molecule has 0 aliphatic carbocycles. The lowest BCUT2D eigenvalue weighted by atomic mass is 10.1. The molecule has 3 aromatic rings. The Bertz CT molecular complexity index is 1230. The number of urea groups is 1. The predicted octanol–water partition coefficient (Wildman–Crippen LogP) is 5.50. The Labute approximate surface area is 210 Å². The molecule has 0 aromatic heterocycles. The highest BCUT2D eigenvalue weighted by molar-refractivity contribution is 14.1. The minimum Gasteiger partial charge on any atom is -0.490 e. The molecular formula is C26H22FIN2O4. The van der Waals surface area contributed by atoms with Crippen molar-refractivity contribution >= 4 is 40.6 Å². The lowest BCUT2D eigenvalue weighted by Gasteiger charge is -2.13. The van der Waals surface area contributed by atoms with Crippen molar-refractivity contribution in [3.05, 3.63) is 98.5 Å². The second-order valence-electron chi connectivity index (χ2n) is 7.56. The first-order valence-corrected chi connectivity index (χ1v) is 11.7. The van der Waals surface area contributed by atoms with Gasteiger partial charge in [-0.15, -0.1) is 0 Å². The highest BCUT2D eigenvalue weighted by Crippen LogP contribution is 2.30. The number of nitrogens with one attached hydrogen (secondary N) is 1. The van der Waals surface area contributed by atoms with E-state index in [2.05, 4.69) is 27.9 Å². The summed E-state index contributed by atoms with van der Waals surface area (Å²) in [7, 11) is 0. The van der Waals surface area contributed by atoms with Crippen LogP contribution in [0.4, 0.5) is 9.18 Å². The second-order valence-corrected chi connectivity index (χ2v) is 8.81. The number of hydrogen-bond donors (Lipinski definition) is 1. The monoisotopic (exact) mass is 572 g/mol. The molecule has 0 saturated carbocycles. The summed E-state index contributed by atoms with van der Waals surface area (Å²) in [5.41, 5.74) is 2.52. The normalized spacial score (nSPS) is 14.4. The van der Waals surface area contributed by atoms with Crippen molar-refractivity contribution in [1.29, 1.82) is 0 Å². The molecule has 1 N–H and O–H groups in total. The van der Waals surface area contributed by atoms with Crippen molar-refractivity contribution in [3.63, 3.8) is 0 Å². The van der Waals surface area contributed by atoms with Crippen LogP contribution in [0.15, 0.2) is 72.4 Å². The van der Waals surface area contributed by atoms with Gasteiger partial charge in [-0.3, -0.25) is 9.69 Å². The first-order valence-electron chi connectivity index (χ1n) is 10.7. The Hall–Kier alpha value is -3.40. The fourth-order valence-electron chi connectivity index (χ4n) is 3.40. The molecule has 0 atom stereocenters. The summed E-state index contributed by atoms with van der Waals surface area (Å²) in [6.45, 7) is 2.77. The molecule has 6 nitrogen and oxygen atoms in total. The van der Waals surface area contributed by atoms with Gasteiger partial charge in [-0.05, 0) is 88.7 Å². The summed E-state index contributed by atoms with van der Waals surface area (Å²) in [5, 5.41) is 2.60. The van der Waals surface area contributed by atoms with Crippen LogP contribution < -0.4 is 14.8 Å². The van der Waals surface area contributed by atoms with Crippen molar-refractivity contribution in [3.8, 4) is 11.5 Å². The Morgan fingerprint density at radius 3 is 2.35 bits per heavy atom. The first kappa shape index (κ1) is 23.7. The van der Waals surface area contributed by atoms with E-state index in [9.17, 15) is 14.0 Å². The summed E-state index contributed by atoms with van der Waals surface area (Å²) in [5.74, 6) is 0.300. The van der Waals surface area contributed by atoms with Crippen LogP contribution in [0.1, 0.15) is 23.6 Å². The fourth-order valence-corrected chi connectivity index (χ4v) is 3.76. The molecule has 1 aliphatic rings. The van der Waals surface area contributed by atoms with Crippen LogP contribution in [0, 0.1) is 9.39 Å². The third-order valence-electron chi connectivity index (χ3n) is 5.10. The molecule has 1 aliphatic heterocycles. The van der Waals surface area contributed by atoms with Gasteiger partial charge in [0, 0.05) is 3.57 Å². The van der Waals surface area contributed by atoms with E-state index in [0.29, 0.717) is 35.8 Å². The van der Waals surface area contributed by atoms with Gasteiger partial charge in [0.05, 0.1) is 13.2 Å². The molecule has 1 saturated heterocycles. The molecule has 1 fully saturated rings. The summed E-state index contributed by atoms with van der Waals surface area (Å²) < 4.78 is 26.0. The zero-order valence-electron chi connectivity index (χ0n) is 18.4. The average Bonchev–Trinajstić information content (AvgIpc) is 3.08. The van der Waals surface area contributed by atoms with Gasteiger partial charge in [0.2, 0.25) is 0 Å². The van der Waals surface area contributed by atoms with Gasteiger partial charge >= 0.3 is 6.03 Å². The number of rotatable bonds is 8. The largest absolute Gasteiger partial charge is 0.490 e. The van der Waals surface area contributed by atoms with Crippen molar-refractivity contribution in [2.75, 3.05) is 6.61 Å². The maximum atomic E-state index is 13.1. The van der Waals surface area contributed by atoms with Crippen LogP contribution in [0.5, 0.6) is 11.5 Å². The number of benzene rings is 3. The molecule has 0 spiro atoms. The number of carbonyl (C=O) groups is 2. The molecule has 0 unspecified atom stereocenters. The van der Waals surface area contributed by atoms with E-state index in [1.807, 2.05) is 31.2 Å². The molecule has 3 amide bonds. The summed E-state index contributed by atoms with van der Waals surface area (Å²) in [4.78, 5) is 26.2. The number of hydrogen-bond acceptors (Lipinski definition) is 4. The van der Waals surface area contributed by atoms with E-state index in [-0.39, 0.29) is 18.1 Å². The van der Waals surface area contributed by atoms with Crippen LogP contribution in [0.2, 0.25) is 0 Å². The van der Waals surface area contributed by atoms with Crippen LogP contribution in [0.3, 0.4) is 0 Å². The van der Waals surface area contributed by atoms with Gasteiger partial charge in [0.25, 0.3) is 5.91 Å². The van der Waals surface area contributed by atoms with Crippen LogP contribution in [-0.2, 0) is 17.9 Å². The second kappa shape index (κ2) is 10.7. The Morgan fingerprint density at radius 2 is 1.65 bits per heavy atom. The van der Waals surface area contributed by atoms with Gasteiger partial charge in [0.1, 0.15) is 18.1 Å². The number of halogens is 2. The van der Waals surface area contributed by atoms with E-state index in [1.165, 1.54) is 12.1 Å². The third-order valence-corrected chi connectivity index (χ3v) is 5.82. The summed E-state index contributed by atoms with van der Waals surface area (Å²) in [6.07, 6.45) is 1.59. The molecule has 1 heterocycles. The topological polar surface area (TPSA) is 67.9 Å². The van der Waals surface area contributed by atoms with Gasteiger partial charge in [0.15, 0.2) is 11.5 Å². The maximum absolute atomic E-state index is 13.1. The standard InChI is InChI=1S/C26H22FIN2O4/c1-2-33-24-14-19(7-12-23(24)34-16-18-5-10-21(28)11-6-18)13-22-25(31)30(26(32)29-22)15-17-3-8-20(27)9-4-17/h3-14H,2,15-16H2,1H3,(H,29,32)/b22-13+. The lowest BCUT2D eigenvalue weighted by molar-refractivity contribution is -0.123. The Kier molecular flexibility index (Phi) is 7.46. The van der Waals surface area contributed by atoms with Gasteiger partial charge in [-0.25, -0.2) is 9.18 Å². The van der Waals surface area contributed by atoms with Gasteiger partial charge < -0.3 is 14.8 Å². The minimum absolute atomic E-state index is 0.0534.